The number of para-hydroxylation sites is 1. The number of pyridine rings is 1. The van der Waals surface area contributed by atoms with Crippen LogP contribution in [0, 0.1) is 11.3 Å². The number of hydrogen-bond donors (Lipinski definition) is 2. The molecular formula is C22H25N5O. The van der Waals surface area contributed by atoms with Crippen molar-refractivity contribution in [1.82, 2.24) is 20.4 Å². The number of benzene rings is 1. The summed E-state index contributed by atoms with van der Waals surface area (Å²) in [5.41, 5.74) is 9.44. The Balaban J connectivity index is 1.74. The minimum Gasteiger partial charge on any atom is -0.267 e. The zero-order valence-corrected chi connectivity index (χ0v) is 16.5. The fourth-order valence-corrected chi connectivity index (χ4v) is 3.93. The van der Waals surface area contributed by atoms with Crippen LogP contribution in [0.4, 0.5) is 5.95 Å². The Bertz CT molecular complexity index is 1010. The third kappa shape index (κ3) is 3.54. The van der Waals surface area contributed by atoms with Gasteiger partial charge in [0.2, 0.25) is 5.95 Å². The maximum atomic E-state index is 13.2. The van der Waals surface area contributed by atoms with Crippen molar-refractivity contribution in [3.05, 3.63) is 59.5 Å². The van der Waals surface area contributed by atoms with Gasteiger partial charge in [0, 0.05) is 23.5 Å². The highest BCUT2D eigenvalue weighted by atomic mass is 16.2. The van der Waals surface area contributed by atoms with E-state index in [1.165, 1.54) is 0 Å². The molecule has 0 saturated carbocycles. The van der Waals surface area contributed by atoms with E-state index in [4.69, 9.17) is 4.98 Å². The molecule has 144 valence electrons. The van der Waals surface area contributed by atoms with Gasteiger partial charge in [0.15, 0.2) is 0 Å². The second kappa shape index (κ2) is 7.19. The molecule has 2 N–H and O–H groups in total. The van der Waals surface area contributed by atoms with Crippen LogP contribution in [-0.2, 0) is 12.8 Å². The Labute approximate surface area is 164 Å². The van der Waals surface area contributed by atoms with Gasteiger partial charge < -0.3 is 0 Å². The lowest BCUT2D eigenvalue weighted by molar-refractivity contribution is 0.0961. The van der Waals surface area contributed by atoms with Crippen molar-refractivity contribution in [3.63, 3.8) is 0 Å². The molecule has 6 nitrogen and oxygen atoms in total. The molecule has 0 saturated heterocycles. The number of nitrogens with one attached hydrogen (secondary N) is 2. The molecule has 6 heteroatoms. The highest BCUT2D eigenvalue weighted by Crippen LogP contribution is 2.39. The molecule has 0 fully saturated rings. The number of carbonyl (C=O) groups excluding carboxylic acids is 1. The van der Waals surface area contributed by atoms with E-state index in [9.17, 15) is 4.79 Å². The molecule has 1 aliphatic carbocycles. The summed E-state index contributed by atoms with van der Waals surface area (Å²) >= 11 is 0. The number of aromatic nitrogens is 3. The fraction of sp³-hybridized carbons (Fsp3) is 0.364. The van der Waals surface area contributed by atoms with E-state index in [1.54, 1.807) is 18.5 Å². The van der Waals surface area contributed by atoms with Gasteiger partial charge in [-0.05, 0) is 48.3 Å². The van der Waals surface area contributed by atoms with E-state index in [0.29, 0.717) is 17.4 Å². The zero-order valence-electron chi connectivity index (χ0n) is 16.5. The van der Waals surface area contributed by atoms with Crippen molar-refractivity contribution < 1.29 is 4.79 Å². The number of amides is 1. The predicted molar refractivity (Wildman–Crippen MR) is 110 cm³/mol. The Hall–Kier alpha value is -3.02. The zero-order chi connectivity index (χ0) is 19.7. The van der Waals surface area contributed by atoms with Gasteiger partial charge in [-0.1, -0.05) is 39.0 Å². The summed E-state index contributed by atoms with van der Waals surface area (Å²) in [5.74, 6) is 0.687. The molecule has 0 spiro atoms. The summed E-state index contributed by atoms with van der Waals surface area (Å²) in [6.07, 6.45) is 6.11. The lowest BCUT2D eigenvalue weighted by Crippen LogP contribution is -2.34. The van der Waals surface area contributed by atoms with Crippen LogP contribution in [0.25, 0.3) is 10.9 Å². The van der Waals surface area contributed by atoms with Gasteiger partial charge in [-0.3, -0.25) is 20.6 Å². The summed E-state index contributed by atoms with van der Waals surface area (Å²) in [5, 5.41) is 0.879. The Morgan fingerprint density at radius 1 is 1.11 bits per heavy atom. The monoisotopic (exact) mass is 375 g/mol. The van der Waals surface area contributed by atoms with Crippen LogP contribution in [0.15, 0.2) is 42.7 Å². The van der Waals surface area contributed by atoms with E-state index in [-0.39, 0.29) is 11.3 Å². The van der Waals surface area contributed by atoms with Crippen LogP contribution in [-0.4, -0.2) is 20.9 Å². The number of aryl methyl sites for hydroxylation is 1. The number of carbonyl (C=O) groups is 1. The molecule has 0 unspecified atom stereocenters. The first kappa shape index (κ1) is 18.3. The van der Waals surface area contributed by atoms with Crippen LogP contribution < -0.4 is 10.9 Å². The Morgan fingerprint density at radius 2 is 1.86 bits per heavy atom. The molecule has 0 aliphatic heterocycles. The number of nitrogens with zero attached hydrogens (tertiary/aromatic N) is 3. The molecule has 3 aromatic rings. The first-order valence-electron chi connectivity index (χ1n) is 9.67. The lowest BCUT2D eigenvalue weighted by Gasteiger charge is -2.35. The van der Waals surface area contributed by atoms with Gasteiger partial charge in [-0.2, -0.15) is 0 Å². The molecule has 28 heavy (non-hydrogen) atoms. The number of rotatable bonds is 3. The van der Waals surface area contributed by atoms with Crippen molar-refractivity contribution in [2.24, 2.45) is 11.3 Å². The number of fused-ring (bicyclic) bond motifs is 2. The van der Waals surface area contributed by atoms with Gasteiger partial charge in [0.05, 0.1) is 11.1 Å². The smallest absolute Gasteiger partial charge is 0.267 e. The predicted octanol–water partition coefficient (Wildman–Crippen LogP) is 3.93. The van der Waals surface area contributed by atoms with Gasteiger partial charge in [-0.25, -0.2) is 9.97 Å². The largest absolute Gasteiger partial charge is 0.270 e. The second-order valence-electron chi connectivity index (χ2n) is 8.39. The molecular weight excluding hydrogens is 350 g/mol. The van der Waals surface area contributed by atoms with Gasteiger partial charge in [-0.15, -0.1) is 0 Å². The summed E-state index contributed by atoms with van der Waals surface area (Å²) in [7, 11) is 0. The third-order valence-corrected chi connectivity index (χ3v) is 5.56. The second-order valence-corrected chi connectivity index (χ2v) is 8.39. The minimum absolute atomic E-state index is 0.183. The average molecular weight is 375 g/mol. The van der Waals surface area contributed by atoms with Crippen LogP contribution in [0.2, 0.25) is 0 Å². The van der Waals surface area contributed by atoms with Gasteiger partial charge in [0.1, 0.15) is 0 Å². The maximum Gasteiger partial charge on any atom is 0.270 e. The van der Waals surface area contributed by atoms with Crippen molar-refractivity contribution in [2.45, 2.75) is 40.0 Å². The SMILES string of the molecule is CC(C)(C)[C@H]1CCc2nc3ccccc3c(C(=O)NNc3ncccn3)c2C1. The number of hydrogen-bond acceptors (Lipinski definition) is 5. The standard InChI is InChI=1S/C22H25N5O/c1-22(2,3)14-9-10-18-16(13-14)19(15-7-4-5-8-17(15)25-18)20(28)26-27-21-23-11-6-12-24-21/h4-8,11-12,14H,9-10,13H2,1-3H3,(H,26,28)(H,23,24,27)/t14-/m0/s1. The van der Waals surface area contributed by atoms with Crippen molar-refractivity contribution in [3.8, 4) is 0 Å². The number of hydrazine groups is 1. The lowest BCUT2D eigenvalue weighted by atomic mass is 9.70. The van der Waals surface area contributed by atoms with E-state index in [1.807, 2.05) is 24.3 Å². The number of anilines is 1. The van der Waals surface area contributed by atoms with E-state index < -0.39 is 0 Å². The fourth-order valence-electron chi connectivity index (χ4n) is 3.93. The summed E-state index contributed by atoms with van der Waals surface area (Å²) in [6.45, 7) is 6.81. The molecule has 2 aromatic heterocycles. The summed E-state index contributed by atoms with van der Waals surface area (Å²) in [4.78, 5) is 26.3. The summed E-state index contributed by atoms with van der Waals surface area (Å²) in [6, 6.07) is 9.57. The van der Waals surface area contributed by atoms with E-state index >= 15 is 0 Å². The molecule has 2 heterocycles. The van der Waals surface area contributed by atoms with Crippen LogP contribution in [0.1, 0.15) is 48.8 Å². The van der Waals surface area contributed by atoms with Crippen LogP contribution in [0.5, 0.6) is 0 Å². The first-order chi connectivity index (χ1) is 13.4. The minimum atomic E-state index is -0.183. The summed E-state index contributed by atoms with van der Waals surface area (Å²) < 4.78 is 0. The quantitative estimate of drug-likeness (QED) is 0.678. The topological polar surface area (TPSA) is 79.8 Å². The van der Waals surface area contributed by atoms with Crippen molar-refractivity contribution in [2.75, 3.05) is 5.43 Å². The third-order valence-electron chi connectivity index (χ3n) is 5.56. The normalized spacial score (nSPS) is 16.5. The maximum absolute atomic E-state index is 13.2. The molecule has 1 aliphatic rings. The molecule has 0 radical (unpaired) electrons. The average Bonchev–Trinajstić information content (AvgIpc) is 2.70. The Morgan fingerprint density at radius 3 is 2.61 bits per heavy atom. The van der Waals surface area contributed by atoms with Gasteiger partial charge in [0.25, 0.3) is 5.91 Å². The van der Waals surface area contributed by atoms with Crippen LogP contribution in [0.3, 0.4) is 0 Å². The molecule has 4 rings (SSSR count). The molecule has 1 aromatic carbocycles. The van der Waals surface area contributed by atoms with Gasteiger partial charge >= 0.3 is 0 Å². The highest BCUT2D eigenvalue weighted by molar-refractivity contribution is 6.08. The molecule has 0 bridgehead atoms. The first-order valence-corrected chi connectivity index (χ1v) is 9.67. The molecule has 1 atom stereocenters. The highest BCUT2D eigenvalue weighted by Gasteiger charge is 2.32. The van der Waals surface area contributed by atoms with Crippen molar-refractivity contribution in [1.29, 1.82) is 0 Å². The van der Waals surface area contributed by atoms with Crippen LogP contribution >= 0.6 is 0 Å². The Kier molecular flexibility index (Phi) is 4.71. The van der Waals surface area contributed by atoms with E-state index in [2.05, 4.69) is 41.6 Å². The molecule has 1 amide bonds. The van der Waals surface area contributed by atoms with Crippen molar-refractivity contribution >= 4 is 22.8 Å². The van der Waals surface area contributed by atoms with E-state index in [0.717, 1.165) is 41.4 Å².